The number of benzene rings is 1. The molecule has 0 aliphatic rings. The molecule has 8 heteroatoms. The maximum atomic E-state index is 13.2. The number of rotatable bonds is 5. The molecular weight excluding hydrogens is 285 g/mol. The first-order valence-electron chi connectivity index (χ1n) is 5.82. The Morgan fingerprint density at radius 2 is 2.30 bits per heavy atom. The topological polar surface area (TPSA) is 88.0 Å². The number of aromatic carboxylic acids is 1. The highest BCUT2D eigenvalue weighted by Gasteiger charge is 2.13. The van der Waals surface area contributed by atoms with Gasteiger partial charge < -0.3 is 5.11 Å². The van der Waals surface area contributed by atoms with Crippen LogP contribution in [0.2, 0.25) is 0 Å². The number of halogens is 1. The highest BCUT2D eigenvalue weighted by molar-refractivity contribution is 7.98. The van der Waals surface area contributed by atoms with Crippen LogP contribution in [-0.4, -0.2) is 25.8 Å². The fourth-order valence-corrected chi connectivity index (χ4v) is 2.73. The summed E-state index contributed by atoms with van der Waals surface area (Å²) >= 11 is 1.18. The third-order valence-corrected chi connectivity index (χ3v) is 3.72. The first-order valence-corrected chi connectivity index (χ1v) is 6.81. The van der Waals surface area contributed by atoms with Gasteiger partial charge in [0.05, 0.1) is 5.56 Å². The highest BCUT2D eigenvalue weighted by Crippen LogP contribution is 2.23. The fourth-order valence-electron chi connectivity index (χ4n) is 1.72. The van der Waals surface area contributed by atoms with Crippen LogP contribution in [0.5, 0.6) is 0 Å². The number of carboxylic acids is 1. The first-order chi connectivity index (χ1) is 9.52. The van der Waals surface area contributed by atoms with Gasteiger partial charge >= 0.3 is 11.7 Å². The van der Waals surface area contributed by atoms with Crippen molar-refractivity contribution in [1.82, 2.24) is 14.8 Å². The predicted molar refractivity (Wildman–Crippen MR) is 71.4 cm³/mol. The van der Waals surface area contributed by atoms with Crippen LogP contribution in [0.25, 0.3) is 0 Å². The van der Waals surface area contributed by atoms with E-state index in [4.69, 9.17) is 5.11 Å². The molecule has 0 fully saturated rings. The second-order valence-corrected chi connectivity index (χ2v) is 4.89. The predicted octanol–water partition coefficient (Wildman–Crippen LogP) is 1.72. The van der Waals surface area contributed by atoms with Crippen LogP contribution in [0.1, 0.15) is 22.8 Å². The Balaban J connectivity index is 2.24. The van der Waals surface area contributed by atoms with Gasteiger partial charge in [-0.1, -0.05) is 11.8 Å². The lowest BCUT2D eigenvalue weighted by molar-refractivity contribution is 0.0696. The van der Waals surface area contributed by atoms with Crippen molar-refractivity contribution in [2.45, 2.75) is 24.4 Å². The van der Waals surface area contributed by atoms with Crippen LogP contribution in [0.15, 0.2) is 28.2 Å². The number of carbonyl (C=O) groups is 1. The lowest BCUT2D eigenvalue weighted by atomic mass is 10.1. The standard InChI is InChI=1S/C12H12FN3O3S/c1-2-16-11(19)14-15-12(16)20-6-7-5-8(13)3-4-9(7)10(17)18/h3-5H,2,6H2,1H3,(H,14,19)(H,17,18). The Bertz CT molecular complexity index is 695. The van der Waals surface area contributed by atoms with E-state index < -0.39 is 11.8 Å². The molecule has 2 rings (SSSR count). The number of hydrogen-bond donors (Lipinski definition) is 2. The molecule has 0 saturated carbocycles. The molecule has 2 N–H and O–H groups in total. The summed E-state index contributed by atoms with van der Waals surface area (Å²) in [5.74, 6) is -1.40. The minimum atomic E-state index is -1.12. The third kappa shape index (κ3) is 2.90. The summed E-state index contributed by atoms with van der Waals surface area (Å²) in [6, 6.07) is 3.51. The Hall–Kier alpha value is -2.09. The molecule has 1 heterocycles. The number of nitrogens with zero attached hydrogens (tertiary/aromatic N) is 2. The van der Waals surface area contributed by atoms with Gasteiger partial charge in [-0.05, 0) is 30.7 Å². The minimum Gasteiger partial charge on any atom is -0.478 e. The van der Waals surface area contributed by atoms with Gasteiger partial charge in [0.15, 0.2) is 5.16 Å². The molecule has 0 bridgehead atoms. The van der Waals surface area contributed by atoms with Gasteiger partial charge in [0.25, 0.3) is 0 Å². The maximum Gasteiger partial charge on any atom is 0.343 e. The second kappa shape index (κ2) is 5.91. The van der Waals surface area contributed by atoms with Crippen molar-refractivity contribution in [3.63, 3.8) is 0 Å². The smallest absolute Gasteiger partial charge is 0.343 e. The molecule has 0 amide bonds. The zero-order valence-corrected chi connectivity index (χ0v) is 11.4. The molecule has 0 unspecified atom stereocenters. The number of carboxylic acid groups (broad SMARTS) is 1. The van der Waals surface area contributed by atoms with Gasteiger partial charge in [-0.3, -0.25) is 4.57 Å². The van der Waals surface area contributed by atoms with Crippen molar-refractivity contribution >= 4 is 17.7 Å². The molecule has 2 aromatic rings. The van der Waals surface area contributed by atoms with E-state index in [0.29, 0.717) is 17.3 Å². The Kier molecular flexibility index (Phi) is 4.23. The summed E-state index contributed by atoms with van der Waals surface area (Å²) in [6.45, 7) is 2.25. The van der Waals surface area contributed by atoms with Crippen molar-refractivity contribution in [2.75, 3.05) is 0 Å². The van der Waals surface area contributed by atoms with Gasteiger partial charge in [0.1, 0.15) is 5.82 Å². The molecule has 106 valence electrons. The zero-order chi connectivity index (χ0) is 14.7. The number of nitrogens with one attached hydrogen (secondary N) is 1. The SMILES string of the molecule is CCn1c(SCc2cc(F)ccc2C(=O)O)n[nH]c1=O. The molecule has 0 aliphatic heterocycles. The average Bonchev–Trinajstić information content (AvgIpc) is 2.76. The van der Waals surface area contributed by atoms with Gasteiger partial charge in [-0.2, -0.15) is 0 Å². The molecule has 0 atom stereocenters. The van der Waals surface area contributed by atoms with E-state index in [2.05, 4.69) is 10.2 Å². The van der Waals surface area contributed by atoms with Crippen molar-refractivity contribution in [3.8, 4) is 0 Å². The zero-order valence-electron chi connectivity index (χ0n) is 10.6. The van der Waals surface area contributed by atoms with Gasteiger partial charge in [-0.25, -0.2) is 19.1 Å². The quantitative estimate of drug-likeness (QED) is 0.820. The summed E-state index contributed by atoms with van der Waals surface area (Å²) in [5.41, 5.74) is 0.0631. The van der Waals surface area contributed by atoms with Crippen LogP contribution in [-0.2, 0) is 12.3 Å². The number of aromatic nitrogens is 3. The van der Waals surface area contributed by atoms with Crippen LogP contribution >= 0.6 is 11.8 Å². The van der Waals surface area contributed by atoms with Crippen molar-refractivity contribution in [1.29, 1.82) is 0 Å². The van der Waals surface area contributed by atoms with E-state index >= 15 is 0 Å². The molecule has 0 radical (unpaired) electrons. The molecule has 1 aromatic carbocycles. The summed E-state index contributed by atoms with van der Waals surface area (Å²) in [4.78, 5) is 22.5. The number of H-pyrrole nitrogens is 1. The molecule has 0 spiro atoms. The maximum absolute atomic E-state index is 13.2. The number of thioether (sulfide) groups is 1. The minimum absolute atomic E-state index is 0.0415. The Labute approximate surface area is 117 Å². The van der Waals surface area contributed by atoms with Crippen LogP contribution < -0.4 is 5.69 Å². The lowest BCUT2D eigenvalue weighted by Crippen LogP contribution is -2.16. The van der Waals surface area contributed by atoms with Crippen LogP contribution in [0.4, 0.5) is 4.39 Å². The normalized spacial score (nSPS) is 10.7. The van der Waals surface area contributed by atoms with Gasteiger partial charge in [0, 0.05) is 12.3 Å². The van der Waals surface area contributed by atoms with E-state index in [1.807, 2.05) is 0 Å². The molecule has 6 nitrogen and oxygen atoms in total. The largest absolute Gasteiger partial charge is 0.478 e. The molecule has 0 aliphatic carbocycles. The molecule has 0 saturated heterocycles. The third-order valence-electron chi connectivity index (χ3n) is 2.69. The second-order valence-electron chi connectivity index (χ2n) is 3.95. The van der Waals surface area contributed by atoms with Crippen molar-refractivity contribution in [2.24, 2.45) is 0 Å². The van der Waals surface area contributed by atoms with Crippen LogP contribution in [0, 0.1) is 5.82 Å². The van der Waals surface area contributed by atoms with E-state index in [0.717, 1.165) is 6.07 Å². The summed E-state index contributed by atoms with van der Waals surface area (Å²) < 4.78 is 14.6. The average molecular weight is 297 g/mol. The molecular formula is C12H12FN3O3S. The summed E-state index contributed by atoms with van der Waals surface area (Å²) in [5, 5.41) is 15.7. The van der Waals surface area contributed by atoms with E-state index in [9.17, 15) is 14.0 Å². The molecule has 20 heavy (non-hydrogen) atoms. The van der Waals surface area contributed by atoms with E-state index in [1.54, 1.807) is 6.92 Å². The van der Waals surface area contributed by atoms with Gasteiger partial charge in [-0.15, -0.1) is 5.10 Å². The van der Waals surface area contributed by atoms with Crippen molar-refractivity contribution in [3.05, 3.63) is 45.6 Å². The summed E-state index contributed by atoms with van der Waals surface area (Å²) in [7, 11) is 0. The monoisotopic (exact) mass is 297 g/mol. The molecule has 1 aromatic heterocycles. The first kappa shape index (κ1) is 14.3. The number of aromatic amines is 1. The summed E-state index contributed by atoms with van der Waals surface area (Å²) in [6.07, 6.45) is 0. The van der Waals surface area contributed by atoms with Crippen LogP contribution in [0.3, 0.4) is 0 Å². The Morgan fingerprint density at radius 3 is 2.95 bits per heavy atom. The van der Waals surface area contributed by atoms with E-state index in [1.165, 1.54) is 28.5 Å². The van der Waals surface area contributed by atoms with Crippen molar-refractivity contribution < 1.29 is 14.3 Å². The van der Waals surface area contributed by atoms with E-state index in [-0.39, 0.29) is 17.0 Å². The Morgan fingerprint density at radius 1 is 1.55 bits per heavy atom. The van der Waals surface area contributed by atoms with Gasteiger partial charge in [0.2, 0.25) is 0 Å². The highest BCUT2D eigenvalue weighted by atomic mass is 32.2. The number of hydrogen-bond acceptors (Lipinski definition) is 4. The fraction of sp³-hybridized carbons (Fsp3) is 0.250. The lowest BCUT2D eigenvalue weighted by Gasteiger charge is -2.06.